The lowest BCUT2D eigenvalue weighted by Crippen LogP contribution is -2.18. The van der Waals surface area contributed by atoms with E-state index >= 15 is 0 Å². The number of benzene rings is 1. The summed E-state index contributed by atoms with van der Waals surface area (Å²) >= 11 is 0. The van der Waals surface area contributed by atoms with Crippen molar-refractivity contribution in [3.63, 3.8) is 0 Å². The van der Waals surface area contributed by atoms with Crippen molar-refractivity contribution in [3.05, 3.63) is 40.2 Å². The maximum absolute atomic E-state index is 11.9. The fourth-order valence-electron chi connectivity index (χ4n) is 1.49. The molecule has 0 bridgehead atoms. The first-order valence-electron chi connectivity index (χ1n) is 4.90. The van der Waals surface area contributed by atoms with Crippen molar-refractivity contribution in [1.29, 1.82) is 0 Å². The van der Waals surface area contributed by atoms with Crippen molar-refractivity contribution in [3.8, 4) is 0 Å². The Hall–Kier alpha value is -2.43. The molecule has 86 valence electrons. The van der Waals surface area contributed by atoms with E-state index in [9.17, 15) is 14.4 Å². The van der Waals surface area contributed by atoms with E-state index < -0.39 is 5.91 Å². The van der Waals surface area contributed by atoms with Gasteiger partial charge in [0.25, 0.3) is 5.91 Å². The molecule has 1 amide bonds. The van der Waals surface area contributed by atoms with Crippen LogP contribution in [0.1, 0.15) is 5.56 Å². The predicted octanol–water partition coefficient (Wildman–Crippen LogP) is 1.24. The van der Waals surface area contributed by atoms with Crippen molar-refractivity contribution in [1.82, 2.24) is 0 Å². The van der Waals surface area contributed by atoms with Crippen LogP contribution in [-0.2, 0) is 9.59 Å². The van der Waals surface area contributed by atoms with E-state index in [2.05, 4.69) is 5.32 Å². The number of rotatable bonds is 2. The molecule has 0 spiro atoms. The Morgan fingerprint density at radius 2 is 2.18 bits per heavy atom. The van der Waals surface area contributed by atoms with Gasteiger partial charge in [0.05, 0.1) is 5.39 Å². The fourth-order valence-corrected chi connectivity index (χ4v) is 1.49. The highest BCUT2D eigenvalue weighted by atomic mass is 16.3. The van der Waals surface area contributed by atoms with E-state index in [1.807, 2.05) is 13.0 Å². The SMILES string of the molecule is Cc1ccc2occ(NC(=O)C=O)c(=O)c2c1. The molecule has 0 saturated heterocycles. The minimum atomic E-state index is -0.885. The van der Waals surface area contributed by atoms with Gasteiger partial charge in [-0.05, 0) is 19.1 Å². The number of carbonyl (C=O) groups is 2. The van der Waals surface area contributed by atoms with Gasteiger partial charge >= 0.3 is 0 Å². The zero-order valence-electron chi connectivity index (χ0n) is 9.02. The van der Waals surface area contributed by atoms with Gasteiger partial charge in [-0.1, -0.05) is 11.6 Å². The van der Waals surface area contributed by atoms with Gasteiger partial charge < -0.3 is 9.73 Å². The third kappa shape index (κ3) is 2.08. The second-order valence-electron chi connectivity index (χ2n) is 3.59. The molecule has 0 saturated carbocycles. The van der Waals surface area contributed by atoms with Gasteiger partial charge in [0, 0.05) is 0 Å². The molecule has 1 aromatic carbocycles. The quantitative estimate of drug-likeness (QED) is 0.623. The van der Waals surface area contributed by atoms with Gasteiger partial charge in [-0.2, -0.15) is 0 Å². The number of nitrogens with one attached hydrogen (secondary N) is 1. The smallest absolute Gasteiger partial charge is 0.288 e. The molecule has 5 nitrogen and oxygen atoms in total. The highest BCUT2D eigenvalue weighted by molar-refractivity contribution is 6.29. The van der Waals surface area contributed by atoms with E-state index in [-0.39, 0.29) is 17.4 Å². The second kappa shape index (κ2) is 4.21. The molecular formula is C12H9NO4. The molecule has 1 N–H and O–H groups in total. The van der Waals surface area contributed by atoms with E-state index in [0.29, 0.717) is 11.0 Å². The Labute approximate surface area is 96.0 Å². The van der Waals surface area contributed by atoms with Crippen LogP contribution in [0, 0.1) is 6.92 Å². The van der Waals surface area contributed by atoms with Crippen LogP contribution in [0.25, 0.3) is 11.0 Å². The highest BCUT2D eigenvalue weighted by Gasteiger charge is 2.09. The molecule has 0 aliphatic carbocycles. The van der Waals surface area contributed by atoms with Gasteiger partial charge in [-0.25, -0.2) is 0 Å². The van der Waals surface area contributed by atoms with Crippen LogP contribution < -0.4 is 10.7 Å². The number of hydrogen-bond donors (Lipinski definition) is 1. The lowest BCUT2D eigenvalue weighted by atomic mass is 10.1. The standard InChI is InChI=1S/C12H9NO4/c1-7-2-3-10-8(4-7)12(16)9(6-17-10)13-11(15)5-14/h2-6H,1H3,(H,13,15). The molecule has 1 heterocycles. The fraction of sp³-hybridized carbons (Fsp3) is 0.0833. The van der Waals surface area contributed by atoms with E-state index in [1.54, 1.807) is 12.1 Å². The van der Waals surface area contributed by atoms with Crippen LogP contribution in [0.5, 0.6) is 0 Å². The van der Waals surface area contributed by atoms with Crippen molar-refractivity contribution in [2.75, 3.05) is 5.32 Å². The summed E-state index contributed by atoms with van der Waals surface area (Å²) in [6, 6.07) is 5.16. The van der Waals surface area contributed by atoms with Gasteiger partial charge in [-0.3, -0.25) is 14.4 Å². The Balaban J connectivity index is 2.60. The van der Waals surface area contributed by atoms with Crippen LogP contribution in [0.4, 0.5) is 5.69 Å². The summed E-state index contributed by atoms with van der Waals surface area (Å²) in [5.41, 5.74) is 0.929. The summed E-state index contributed by atoms with van der Waals surface area (Å²) in [5, 5.41) is 2.53. The minimum Gasteiger partial charge on any atom is -0.462 e. The number of amides is 1. The number of carbonyl (C=O) groups excluding carboxylic acids is 2. The van der Waals surface area contributed by atoms with Crippen molar-refractivity contribution in [2.24, 2.45) is 0 Å². The van der Waals surface area contributed by atoms with Crippen molar-refractivity contribution < 1.29 is 14.0 Å². The molecule has 2 aromatic rings. The number of hydrogen-bond acceptors (Lipinski definition) is 4. The predicted molar refractivity (Wildman–Crippen MR) is 61.9 cm³/mol. The molecule has 0 aliphatic heterocycles. The third-order valence-electron chi connectivity index (χ3n) is 2.29. The largest absolute Gasteiger partial charge is 0.462 e. The molecule has 5 heteroatoms. The van der Waals surface area contributed by atoms with Crippen LogP contribution in [0.15, 0.2) is 33.7 Å². The molecule has 17 heavy (non-hydrogen) atoms. The average molecular weight is 231 g/mol. The average Bonchev–Trinajstić information content (AvgIpc) is 2.33. The van der Waals surface area contributed by atoms with E-state index in [0.717, 1.165) is 11.8 Å². The molecule has 0 atom stereocenters. The summed E-state index contributed by atoms with van der Waals surface area (Å²) in [7, 11) is 0. The van der Waals surface area contributed by atoms with E-state index in [1.165, 1.54) is 0 Å². The first kappa shape index (κ1) is 11.1. The van der Waals surface area contributed by atoms with Gasteiger partial charge in [0.2, 0.25) is 11.7 Å². The van der Waals surface area contributed by atoms with Gasteiger partial charge in [0.15, 0.2) is 0 Å². The molecule has 0 unspecified atom stereocenters. The van der Waals surface area contributed by atoms with Crippen molar-refractivity contribution >= 4 is 28.8 Å². The Kier molecular flexibility index (Phi) is 2.74. The summed E-state index contributed by atoms with van der Waals surface area (Å²) in [5.74, 6) is -0.885. The number of anilines is 1. The van der Waals surface area contributed by atoms with E-state index in [4.69, 9.17) is 4.42 Å². The normalized spacial score (nSPS) is 10.2. The second-order valence-corrected chi connectivity index (χ2v) is 3.59. The Morgan fingerprint density at radius 1 is 1.41 bits per heavy atom. The van der Waals surface area contributed by atoms with Crippen LogP contribution in [0.3, 0.4) is 0 Å². The Morgan fingerprint density at radius 3 is 2.88 bits per heavy atom. The summed E-state index contributed by atoms with van der Waals surface area (Å²) < 4.78 is 5.19. The molecular weight excluding hydrogens is 222 g/mol. The summed E-state index contributed by atoms with van der Waals surface area (Å²) in [6.07, 6.45) is 1.22. The summed E-state index contributed by atoms with van der Waals surface area (Å²) in [4.78, 5) is 33.0. The zero-order valence-corrected chi connectivity index (χ0v) is 9.02. The highest BCUT2D eigenvalue weighted by Crippen LogP contribution is 2.14. The topological polar surface area (TPSA) is 76.4 Å². The first-order chi connectivity index (χ1) is 8.11. The monoisotopic (exact) mass is 231 g/mol. The van der Waals surface area contributed by atoms with Crippen LogP contribution in [0.2, 0.25) is 0 Å². The molecule has 2 rings (SSSR count). The van der Waals surface area contributed by atoms with Crippen molar-refractivity contribution in [2.45, 2.75) is 6.92 Å². The maximum Gasteiger partial charge on any atom is 0.288 e. The molecule has 0 radical (unpaired) electrons. The number of aldehydes is 1. The van der Waals surface area contributed by atoms with Crippen LogP contribution in [-0.4, -0.2) is 12.2 Å². The molecule has 1 aromatic heterocycles. The minimum absolute atomic E-state index is 0.0415. The zero-order chi connectivity index (χ0) is 12.4. The van der Waals surface area contributed by atoms with Gasteiger partial charge in [-0.15, -0.1) is 0 Å². The van der Waals surface area contributed by atoms with Crippen LogP contribution >= 0.6 is 0 Å². The molecule has 0 aliphatic rings. The summed E-state index contributed by atoms with van der Waals surface area (Å²) in [6.45, 7) is 1.84. The third-order valence-corrected chi connectivity index (χ3v) is 2.29. The number of aryl methyl sites for hydroxylation is 1. The Bertz CT molecular complexity index is 657. The molecule has 0 fully saturated rings. The van der Waals surface area contributed by atoms with Gasteiger partial charge in [0.1, 0.15) is 17.5 Å². The first-order valence-corrected chi connectivity index (χ1v) is 4.90. The lowest BCUT2D eigenvalue weighted by molar-refractivity contribution is -0.127. The maximum atomic E-state index is 11.9. The lowest BCUT2D eigenvalue weighted by Gasteiger charge is -2.02. The number of fused-ring (bicyclic) bond motifs is 1.